The highest BCUT2D eigenvalue weighted by atomic mass is 79.9. The van der Waals surface area contributed by atoms with Crippen molar-refractivity contribution in [2.75, 3.05) is 20.1 Å². The molecule has 2 rings (SSSR count). The van der Waals surface area contributed by atoms with Crippen molar-refractivity contribution in [3.63, 3.8) is 0 Å². The molecule has 0 spiro atoms. The number of hydrogen-bond donors (Lipinski definition) is 1. The zero-order valence-electron chi connectivity index (χ0n) is 10.5. The molecule has 1 fully saturated rings. The summed E-state index contributed by atoms with van der Waals surface area (Å²) < 4.78 is 13.9. The van der Waals surface area contributed by atoms with Crippen molar-refractivity contribution in [1.82, 2.24) is 10.2 Å². The maximum atomic E-state index is 13.0. The quantitative estimate of drug-likeness (QED) is 0.911. The molecule has 1 atom stereocenters. The Morgan fingerprint density at radius 2 is 2.28 bits per heavy atom. The number of nitrogens with zero attached hydrogens (tertiary/aromatic N) is 1. The Morgan fingerprint density at radius 1 is 1.50 bits per heavy atom. The van der Waals surface area contributed by atoms with E-state index in [1.165, 1.54) is 25.0 Å². The van der Waals surface area contributed by atoms with Crippen LogP contribution in [-0.2, 0) is 6.54 Å². The van der Waals surface area contributed by atoms with E-state index < -0.39 is 0 Å². The summed E-state index contributed by atoms with van der Waals surface area (Å²) in [6.07, 6.45) is 2.47. The zero-order valence-corrected chi connectivity index (χ0v) is 12.9. The Morgan fingerprint density at radius 3 is 2.94 bits per heavy atom. The van der Waals surface area contributed by atoms with Crippen LogP contribution in [0.2, 0.25) is 0 Å². The van der Waals surface area contributed by atoms with Gasteiger partial charge in [-0.15, -0.1) is 12.4 Å². The Bertz CT molecular complexity index is 389. The molecule has 1 heterocycles. The van der Waals surface area contributed by atoms with Crippen LogP contribution in [0.5, 0.6) is 0 Å². The molecule has 0 saturated carbocycles. The maximum absolute atomic E-state index is 13.0. The van der Waals surface area contributed by atoms with E-state index in [1.54, 1.807) is 0 Å². The van der Waals surface area contributed by atoms with Gasteiger partial charge in [0.15, 0.2) is 0 Å². The summed E-state index contributed by atoms with van der Waals surface area (Å²) in [4.78, 5) is 2.42. The van der Waals surface area contributed by atoms with Gasteiger partial charge in [0.2, 0.25) is 0 Å². The van der Waals surface area contributed by atoms with Crippen LogP contribution in [-0.4, -0.2) is 31.1 Å². The van der Waals surface area contributed by atoms with Crippen molar-refractivity contribution < 1.29 is 4.39 Å². The van der Waals surface area contributed by atoms with Gasteiger partial charge < -0.3 is 5.32 Å². The van der Waals surface area contributed by atoms with E-state index in [1.807, 2.05) is 13.1 Å². The Balaban J connectivity index is 0.00000162. The first-order chi connectivity index (χ1) is 8.19. The van der Waals surface area contributed by atoms with Gasteiger partial charge in [-0.05, 0) is 44.1 Å². The van der Waals surface area contributed by atoms with Gasteiger partial charge in [0.25, 0.3) is 0 Å². The lowest BCUT2D eigenvalue weighted by atomic mass is 10.1. The topological polar surface area (TPSA) is 15.3 Å². The molecule has 1 unspecified atom stereocenters. The second-order valence-electron chi connectivity index (χ2n) is 4.60. The van der Waals surface area contributed by atoms with Crippen LogP contribution < -0.4 is 5.32 Å². The number of benzene rings is 1. The van der Waals surface area contributed by atoms with E-state index >= 15 is 0 Å². The lowest BCUT2D eigenvalue weighted by Crippen LogP contribution is -2.43. The minimum absolute atomic E-state index is 0. The van der Waals surface area contributed by atoms with Crippen LogP contribution in [0.4, 0.5) is 4.39 Å². The normalized spacial score (nSPS) is 20.5. The first-order valence-corrected chi connectivity index (χ1v) is 6.82. The molecular weight excluding hydrogens is 319 g/mol. The molecule has 0 aromatic heterocycles. The minimum atomic E-state index is -0.188. The molecule has 1 aliphatic heterocycles. The molecule has 1 aromatic carbocycles. The molecule has 102 valence electrons. The van der Waals surface area contributed by atoms with E-state index in [4.69, 9.17) is 0 Å². The molecule has 18 heavy (non-hydrogen) atoms. The second-order valence-corrected chi connectivity index (χ2v) is 5.45. The fraction of sp³-hybridized carbons (Fsp3) is 0.538. The molecule has 0 aliphatic carbocycles. The van der Waals surface area contributed by atoms with Crippen molar-refractivity contribution in [3.8, 4) is 0 Å². The van der Waals surface area contributed by atoms with Gasteiger partial charge >= 0.3 is 0 Å². The van der Waals surface area contributed by atoms with E-state index in [2.05, 4.69) is 26.1 Å². The number of likely N-dealkylation sites (N-methyl/N-ethyl adjacent to an activating group) is 1. The molecule has 1 N–H and O–H groups in total. The van der Waals surface area contributed by atoms with Gasteiger partial charge in [-0.2, -0.15) is 0 Å². The summed E-state index contributed by atoms with van der Waals surface area (Å²) in [6, 6.07) is 5.51. The molecule has 2 nitrogen and oxygen atoms in total. The molecular formula is C13H19BrClFN2. The lowest BCUT2D eigenvalue weighted by Gasteiger charge is -2.32. The van der Waals surface area contributed by atoms with Crippen molar-refractivity contribution in [2.24, 2.45) is 0 Å². The monoisotopic (exact) mass is 336 g/mol. The third kappa shape index (κ3) is 4.19. The minimum Gasteiger partial charge on any atom is -0.316 e. The predicted molar refractivity (Wildman–Crippen MR) is 78.7 cm³/mol. The average Bonchev–Trinajstić information content (AvgIpc) is 2.33. The van der Waals surface area contributed by atoms with Crippen molar-refractivity contribution >= 4 is 28.3 Å². The number of halogens is 3. The summed E-state index contributed by atoms with van der Waals surface area (Å²) in [5.74, 6) is -0.188. The fourth-order valence-corrected chi connectivity index (χ4v) is 2.80. The van der Waals surface area contributed by atoms with E-state index in [0.29, 0.717) is 6.04 Å². The third-order valence-electron chi connectivity index (χ3n) is 3.32. The smallest absolute Gasteiger partial charge is 0.124 e. The van der Waals surface area contributed by atoms with Crippen LogP contribution in [0.25, 0.3) is 0 Å². The Hall–Kier alpha value is -0.160. The highest BCUT2D eigenvalue weighted by Gasteiger charge is 2.18. The lowest BCUT2D eigenvalue weighted by molar-refractivity contribution is 0.187. The highest BCUT2D eigenvalue weighted by molar-refractivity contribution is 9.10. The summed E-state index contributed by atoms with van der Waals surface area (Å²) in [7, 11) is 2.02. The van der Waals surface area contributed by atoms with E-state index in [0.717, 1.165) is 29.7 Å². The predicted octanol–water partition coefficient (Wildman–Crippen LogP) is 3.19. The number of hydrogen-bond acceptors (Lipinski definition) is 2. The maximum Gasteiger partial charge on any atom is 0.124 e. The van der Waals surface area contributed by atoms with Crippen molar-refractivity contribution in [1.29, 1.82) is 0 Å². The fourth-order valence-electron chi connectivity index (χ4n) is 2.33. The highest BCUT2D eigenvalue weighted by Crippen LogP contribution is 2.21. The Kier molecular flexibility index (Phi) is 6.57. The number of nitrogens with one attached hydrogen (secondary N) is 1. The second kappa shape index (κ2) is 7.43. The first-order valence-electron chi connectivity index (χ1n) is 6.02. The van der Waals surface area contributed by atoms with Crippen molar-refractivity contribution in [3.05, 3.63) is 34.1 Å². The largest absolute Gasteiger partial charge is 0.316 e. The van der Waals surface area contributed by atoms with Crippen LogP contribution in [0, 0.1) is 5.82 Å². The van der Waals surface area contributed by atoms with Gasteiger partial charge in [0.1, 0.15) is 5.82 Å². The number of piperidine rings is 1. The third-order valence-corrected chi connectivity index (χ3v) is 4.06. The zero-order chi connectivity index (χ0) is 12.3. The number of likely N-dealkylation sites (tertiary alicyclic amines) is 1. The van der Waals surface area contributed by atoms with Crippen LogP contribution in [0.3, 0.4) is 0 Å². The average molecular weight is 338 g/mol. The van der Waals surface area contributed by atoms with E-state index in [9.17, 15) is 4.39 Å². The van der Waals surface area contributed by atoms with Gasteiger partial charge in [-0.1, -0.05) is 22.0 Å². The molecule has 0 radical (unpaired) electrons. The SMILES string of the molecule is CNC1CCCN(Cc2ccc(F)cc2Br)C1.Cl. The summed E-state index contributed by atoms with van der Waals surface area (Å²) in [5, 5.41) is 3.33. The molecule has 5 heteroatoms. The van der Waals surface area contributed by atoms with Gasteiger partial charge in [-0.3, -0.25) is 4.90 Å². The summed E-state index contributed by atoms with van der Waals surface area (Å²) in [6.45, 7) is 3.08. The molecule has 0 amide bonds. The molecule has 0 bridgehead atoms. The van der Waals surface area contributed by atoms with Crippen LogP contribution in [0.15, 0.2) is 22.7 Å². The van der Waals surface area contributed by atoms with Gasteiger partial charge in [0, 0.05) is 23.6 Å². The standard InChI is InChI=1S/C13H18BrFN2.ClH/c1-16-12-3-2-6-17(9-12)8-10-4-5-11(15)7-13(10)14;/h4-5,7,12,16H,2-3,6,8-9H2,1H3;1H. The molecule has 1 saturated heterocycles. The first kappa shape index (κ1) is 15.9. The summed E-state index contributed by atoms with van der Waals surface area (Å²) >= 11 is 3.42. The number of rotatable bonds is 3. The van der Waals surface area contributed by atoms with Crippen LogP contribution in [0.1, 0.15) is 18.4 Å². The summed E-state index contributed by atoms with van der Waals surface area (Å²) in [5.41, 5.74) is 1.16. The van der Waals surface area contributed by atoms with Crippen molar-refractivity contribution in [2.45, 2.75) is 25.4 Å². The van der Waals surface area contributed by atoms with Crippen LogP contribution >= 0.6 is 28.3 Å². The molecule has 1 aliphatic rings. The Labute approximate surface area is 122 Å². The van der Waals surface area contributed by atoms with Gasteiger partial charge in [0.05, 0.1) is 0 Å². The molecule has 1 aromatic rings. The van der Waals surface area contributed by atoms with E-state index in [-0.39, 0.29) is 18.2 Å². The van der Waals surface area contributed by atoms with Gasteiger partial charge in [-0.25, -0.2) is 4.39 Å².